The van der Waals surface area contributed by atoms with E-state index in [4.69, 9.17) is 0 Å². The molecule has 5 rings (SSSR count). The van der Waals surface area contributed by atoms with Crippen molar-refractivity contribution in [2.24, 2.45) is 4.99 Å². The third-order valence-corrected chi connectivity index (χ3v) is 6.16. The molecule has 0 atom stereocenters. The van der Waals surface area contributed by atoms with Crippen LogP contribution in [0.4, 0.5) is 11.4 Å². The van der Waals surface area contributed by atoms with E-state index < -0.39 is 4.92 Å². The van der Waals surface area contributed by atoms with Crippen LogP contribution in [0.2, 0.25) is 0 Å². The Bertz CT molecular complexity index is 1510. The first-order valence-corrected chi connectivity index (χ1v) is 10.4. The molecular weight excluding hydrogens is 426 g/mol. The summed E-state index contributed by atoms with van der Waals surface area (Å²) < 4.78 is 1.01. The first-order valence-electron chi connectivity index (χ1n) is 9.63. The number of hydrogen-bond acceptors (Lipinski definition) is 7. The minimum Gasteiger partial charge on any atom is -0.507 e. The number of nitro benzene ring substituents is 1. The van der Waals surface area contributed by atoms with Crippen molar-refractivity contribution >= 4 is 49.9 Å². The van der Waals surface area contributed by atoms with E-state index in [1.807, 2.05) is 54.6 Å². The van der Waals surface area contributed by atoms with Gasteiger partial charge in [0.15, 0.2) is 0 Å². The van der Waals surface area contributed by atoms with Crippen LogP contribution in [0.3, 0.4) is 0 Å². The molecule has 0 spiro atoms. The number of hydrogen-bond donors (Lipinski definition) is 2. The average Bonchev–Trinajstić information content (AvgIpc) is 3.23. The zero-order valence-corrected chi connectivity index (χ0v) is 17.3. The Morgan fingerprint density at radius 3 is 2.59 bits per heavy atom. The SMILES string of the molecule is O=[N+]([O-])c1ccc(O)c(N=Cc2c(O)c(-c3nc4ccccc4s3)cc3ccccc23)c1. The van der Waals surface area contributed by atoms with Crippen LogP contribution in [0.1, 0.15) is 5.56 Å². The molecule has 5 aromatic rings. The van der Waals surface area contributed by atoms with Gasteiger partial charge >= 0.3 is 0 Å². The van der Waals surface area contributed by atoms with Crippen LogP contribution in [-0.4, -0.2) is 26.3 Å². The number of para-hydroxylation sites is 1. The lowest BCUT2D eigenvalue weighted by atomic mass is 10.00. The average molecular weight is 441 g/mol. The zero-order chi connectivity index (χ0) is 22.2. The van der Waals surface area contributed by atoms with Gasteiger partial charge in [0.2, 0.25) is 0 Å². The fraction of sp³-hybridized carbons (Fsp3) is 0. The number of aromatic hydroxyl groups is 2. The Balaban J connectivity index is 1.69. The van der Waals surface area contributed by atoms with E-state index in [0.717, 1.165) is 21.0 Å². The van der Waals surface area contributed by atoms with E-state index >= 15 is 0 Å². The number of nitrogens with zero attached hydrogens (tertiary/aromatic N) is 3. The normalized spacial score (nSPS) is 11.5. The fourth-order valence-corrected chi connectivity index (χ4v) is 4.49. The van der Waals surface area contributed by atoms with Crippen molar-refractivity contribution in [3.8, 4) is 22.1 Å². The van der Waals surface area contributed by atoms with Gasteiger partial charge in [0.05, 0.1) is 20.7 Å². The lowest BCUT2D eigenvalue weighted by Gasteiger charge is -2.10. The van der Waals surface area contributed by atoms with Crippen molar-refractivity contribution in [3.05, 3.63) is 88.5 Å². The largest absolute Gasteiger partial charge is 0.507 e. The van der Waals surface area contributed by atoms with Gasteiger partial charge in [-0.05, 0) is 35.0 Å². The molecule has 1 heterocycles. The summed E-state index contributed by atoms with van der Waals surface area (Å²) in [5.74, 6) is -0.200. The summed E-state index contributed by atoms with van der Waals surface area (Å²) in [5.41, 5.74) is 1.69. The maximum absolute atomic E-state index is 11.2. The van der Waals surface area contributed by atoms with Crippen LogP contribution in [0.15, 0.2) is 77.8 Å². The number of thiazole rings is 1. The number of non-ortho nitro benzene ring substituents is 1. The van der Waals surface area contributed by atoms with Crippen LogP contribution >= 0.6 is 11.3 Å². The molecule has 0 saturated carbocycles. The molecule has 0 unspecified atom stereocenters. The quantitative estimate of drug-likeness (QED) is 0.196. The minimum absolute atomic E-state index is 0.00331. The molecule has 1 aromatic heterocycles. The first kappa shape index (κ1) is 19.7. The summed E-state index contributed by atoms with van der Waals surface area (Å²) in [6.07, 6.45) is 1.41. The number of rotatable bonds is 4. The highest BCUT2D eigenvalue weighted by Crippen LogP contribution is 2.40. The second-order valence-electron chi connectivity index (χ2n) is 7.08. The van der Waals surface area contributed by atoms with Crippen molar-refractivity contribution in [2.45, 2.75) is 0 Å². The molecule has 0 saturated heterocycles. The Kier molecular flexibility index (Phi) is 4.76. The number of aliphatic imine (C=N–C) groups is 1. The molecule has 0 radical (unpaired) electrons. The van der Waals surface area contributed by atoms with Gasteiger partial charge in [-0.2, -0.15) is 0 Å². The van der Waals surface area contributed by atoms with E-state index in [-0.39, 0.29) is 22.9 Å². The van der Waals surface area contributed by atoms with Gasteiger partial charge in [-0.25, -0.2) is 4.98 Å². The van der Waals surface area contributed by atoms with Crippen LogP contribution in [0.5, 0.6) is 11.5 Å². The van der Waals surface area contributed by atoms with Gasteiger partial charge in [-0.15, -0.1) is 11.3 Å². The van der Waals surface area contributed by atoms with Crippen molar-refractivity contribution in [1.29, 1.82) is 0 Å². The van der Waals surface area contributed by atoms with Crippen molar-refractivity contribution in [1.82, 2.24) is 4.98 Å². The first-order chi connectivity index (χ1) is 15.5. The molecular formula is C24H15N3O4S. The van der Waals surface area contributed by atoms with Crippen molar-refractivity contribution < 1.29 is 15.1 Å². The predicted octanol–water partition coefficient (Wildman–Crippen LogP) is 6.19. The van der Waals surface area contributed by atoms with E-state index in [2.05, 4.69) is 9.98 Å². The lowest BCUT2D eigenvalue weighted by Crippen LogP contribution is -1.90. The fourth-order valence-electron chi connectivity index (χ4n) is 3.51. The predicted molar refractivity (Wildman–Crippen MR) is 126 cm³/mol. The molecule has 0 amide bonds. The summed E-state index contributed by atoms with van der Waals surface area (Å²) in [6, 6.07) is 20.8. The van der Waals surface area contributed by atoms with Gasteiger partial charge in [0.1, 0.15) is 22.2 Å². The molecule has 7 nitrogen and oxygen atoms in total. The van der Waals surface area contributed by atoms with Crippen molar-refractivity contribution in [2.75, 3.05) is 0 Å². The van der Waals surface area contributed by atoms with E-state index in [0.29, 0.717) is 16.1 Å². The number of benzene rings is 4. The Morgan fingerprint density at radius 1 is 1.00 bits per heavy atom. The zero-order valence-electron chi connectivity index (χ0n) is 16.5. The van der Waals surface area contributed by atoms with Crippen LogP contribution < -0.4 is 0 Å². The molecule has 0 aliphatic rings. The van der Waals surface area contributed by atoms with Crippen LogP contribution in [0.25, 0.3) is 31.6 Å². The highest BCUT2D eigenvalue weighted by Gasteiger charge is 2.17. The Hall–Kier alpha value is -4.30. The van der Waals surface area contributed by atoms with E-state index in [1.165, 1.54) is 35.8 Å². The highest BCUT2D eigenvalue weighted by atomic mass is 32.1. The number of aromatic nitrogens is 1. The summed E-state index contributed by atoms with van der Waals surface area (Å²) in [4.78, 5) is 19.4. The minimum atomic E-state index is -0.556. The molecule has 4 aromatic carbocycles. The highest BCUT2D eigenvalue weighted by molar-refractivity contribution is 7.21. The van der Waals surface area contributed by atoms with Crippen molar-refractivity contribution in [3.63, 3.8) is 0 Å². The molecule has 8 heteroatoms. The van der Waals surface area contributed by atoms with Gasteiger partial charge < -0.3 is 10.2 Å². The van der Waals surface area contributed by atoms with Gasteiger partial charge in [0.25, 0.3) is 5.69 Å². The number of phenols is 2. The molecule has 0 aliphatic heterocycles. The lowest BCUT2D eigenvalue weighted by molar-refractivity contribution is -0.384. The number of fused-ring (bicyclic) bond motifs is 2. The second kappa shape index (κ2) is 7.75. The van der Waals surface area contributed by atoms with Crippen LogP contribution in [-0.2, 0) is 0 Å². The van der Waals surface area contributed by atoms with E-state index in [1.54, 1.807) is 0 Å². The smallest absolute Gasteiger partial charge is 0.271 e. The molecule has 32 heavy (non-hydrogen) atoms. The van der Waals surface area contributed by atoms with Gasteiger partial charge in [-0.1, -0.05) is 36.4 Å². The number of nitro groups is 1. The third-order valence-electron chi connectivity index (χ3n) is 5.09. The third kappa shape index (κ3) is 3.42. The Morgan fingerprint density at radius 2 is 1.78 bits per heavy atom. The molecule has 0 bridgehead atoms. The standard InChI is InChI=1S/C24H15N3O4S/c28-21-10-9-15(27(30)31)12-20(21)25-13-18-16-6-2-1-5-14(16)11-17(23(18)29)24-26-19-7-3-4-8-22(19)32-24/h1-13,28-29H. The summed E-state index contributed by atoms with van der Waals surface area (Å²) in [6.45, 7) is 0. The van der Waals surface area contributed by atoms with Crippen LogP contribution in [0, 0.1) is 10.1 Å². The molecule has 156 valence electrons. The van der Waals surface area contributed by atoms with Gasteiger partial charge in [-0.3, -0.25) is 15.1 Å². The maximum Gasteiger partial charge on any atom is 0.271 e. The number of phenolic OH excluding ortho intramolecular Hbond substituents is 2. The Labute approximate surface area is 185 Å². The summed E-state index contributed by atoms with van der Waals surface area (Å²) in [7, 11) is 0. The monoisotopic (exact) mass is 441 g/mol. The maximum atomic E-state index is 11.2. The van der Waals surface area contributed by atoms with Gasteiger partial charge in [0, 0.05) is 23.9 Å². The molecule has 0 fully saturated rings. The second-order valence-corrected chi connectivity index (χ2v) is 8.11. The molecule has 2 N–H and O–H groups in total. The summed E-state index contributed by atoms with van der Waals surface area (Å²) in [5, 5.41) is 34.6. The molecule has 0 aliphatic carbocycles. The summed E-state index contributed by atoms with van der Waals surface area (Å²) >= 11 is 1.47. The van der Waals surface area contributed by atoms with E-state index in [9.17, 15) is 20.3 Å². The topological polar surface area (TPSA) is 109 Å².